The number of benzene rings is 1. The number of halogens is 2. The highest BCUT2D eigenvalue weighted by molar-refractivity contribution is 14.1. The largest absolute Gasteiger partial charge is 0.192 e. The van der Waals surface area contributed by atoms with Gasteiger partial charge >= 0.3 is 0 Å². The molecule has 0 saturated heterocycles. The topological polar surface area (TPSA) is 23.8 Å². The standard InChI is InChI=1S/C9H3BrINS/c10-8-5(4-12)3-7-6(9(8)11)1-2-13-7/h1-3H. The summed E-state index contributed by atoms with van der Waals surface area (Å²) in [6.07, 6.45) is 0. The van der Waals surface area contributed by atoms with Crippen LogP contribution in [0, 0.1) is 14.9 Å². The molecule has 0 bridgehead atoms. The number of thiophene rings is 1. The zero-order valence-electron chi connectivity index (χ0n) is 6.34. The van der Waals surface area contributed by atoms with Crippen molar-refractivity contribution in [1.82, 2.24) is 0 Å². The van der Waals surface area contributed by atoms with Gasteiger partial charge in [-0.2, -0.15) is 5.26 Å². The highest BCUT2D eigenvalue weighted by Gasteiger charge is 2.09. The number of hydrogen-bond acceptors (Lipinski definition) is 2. The quantitative estimate of drug-likeness (QED) is 0.645. The van der Waals surface area contributed by atoms with Crippen molar-refractivity contribution in [2.24, 2.45) is 0 Å². The van der Waals surface area contributed by atoms with Crippen molar-refractivity contribution in [1.29, 1.82) is 5.26 Å². The van der Waals surface area contributed by atoms with Gasteiger partial charge in [0.05, 0.1) is 5.56 Å². The number of nitriles is 1. The Bertz CT molecular complexity index is 512. The van der Waals surface area contributed by atoms with E-state index in [9.17, 15) is 0 Å². The second kappa shape index (κ2) is 3.56. The van der Waals surface area contributed by atoms with E-state index in [-0.39, 0.29) is 0 Å². The van der Waals surface area contributed by atoms with E-state index in [2.05, 4.69) is 50.7 Å². The van der Waals surface area contributed by atoms with Crippen LogP contribution in [-0.2, 0) is 0 Å². The van der Waals surface area contributed by atoms with Crippen LogP contribution in [0.4, 0.5) is 0 Å². The lowest BCUT2D eigenvalue weighted by molar-refractivity contribution is 1.48. The summed E-state index contributed by atoms with van der Waals surface area (Å²) >= 11 is 7.34. The molecule has 13 heavy (non-hydrogen) atoms. The third kappa shape index (κ3) is 1.49. The van der Waals surface area contributed by atoms with E-state index in [1.165, 1.54) is 10.1 Å². The average Bonchev–Trinajstić information content (AvgIpc) is 2.59. The molecule has 0 fully saturated rings. The molecule has 0 atom stereocenters. The molecule has 0 radical (unpaired) electrons. The molecule has 1 aromatic carbocycles. The first-order valence-corrected chi connectivity index (χ1v) is 6.24. The van der Waals surface area contributed by atoms with Crippen LogP contribution >= 0.6 is 49.9 Å². The highest BCUT2D eigenvalue weighted by atomic mass is 127. The molecule has 0 aliphatic rings. The molecule has 1 nitrogen and oxygen atoms in total. The molecular formula is C9H3BrINS. The number of rotatable bonds is 0. The van der Waals surface area contributed by atoms with Gasteiger partial charge in [-0.25, -0.2) is 0 Å². The molecule has 2 aromatic rings. The highest BCUT2D eigenvalue weighted by Crippen LogP contribution is 2.33. The first kappa shape index (κ1) is 9.44. The smallest absolute Gasteiger partial charge is 0.100 e. The maximum absolute atomic E-state index is 8.86. The van der Waals surface area contributed by atoms with Crippen LogP contribution in [0.5, 0.6) is 0 Å². The summed E-state index contributed by atoms with van der Waals surface area (Å²) in [6.45, 7) is 0. The molecule has 0 unspecified atom stereocenters. The third-order valence-corrected chi connectivity index (χ3v) is 5.31. The molecule has 1 aromatic heterocycles. The van der Waals surface area contributed by atoms with Gasteiger partial charge in [-0.15, -0.1) is 11.3 Å². The summed E-state index contributed by atoms with van der Waals surface area (Å²) in [5, 5.41) is 12.1. The summed E-state index contributed by atoms with van der Waals surface area (Å²) in [6, 6.07) is 6.17. The van der Waals surface area contributed by atoms with Crippen LogP contribution < -0.4 is 0 Å². The van der Waals surface area contributed by atoms with Crippen molar-refractivity contribution < 1.29 is 0 Å². The van der Waals surface area contributed by atoms with Gasteiger partial charge < -0.3 is 0 Å². The Morgan fingerprint density at radius 2 is 2.31 bits per heavy atom. The minimum Gasteiger partial charge on any atom is -0.192 e. The lowest BCUT2D eigenvalue weighted by atomic mass is 10.2. The van der Waals surface area contributed by atoms with Gasteiger partial charge in [-0.3, -0.25) is 0 Å². The minimum atomic E-state index is 0.708. The molecular weight excluding hydrogens is 361 g/mol. The van der Waals surface area contributed by atoms with Gasteiger partial charge in [-0.05, 0) is 56.0 Å². The number of fused-ring (bicyclic) bond motifs is 1. The molecule has 4 heteroatoms. The van der Waals surface area contributed by atoms with E-state index in [1.807, 2.05) is 11.4 Å². The molecule has 0 N–H and O–H groups in total. The Balaban J connectivity index is 2.94. The van der Waals surface area contributed by atoms with E-state index in [0.717, 1.165) is 8.04 Å². The monoisotopic (exact) mass is 363 g/mol. The second-order valence-electron chi connectivity index (χ2n) is 2.50. The summed E-state index contributed by atoms with van der Waals surface area (Å²) in [7, 11) is 0. The fraction of sp³-hybridized carbons (Fsp3) is 0. The lowest BCUT2D eigenvalue weighted by Crippen LogP contribution is -1.82. The molecule has 0 aliphatic carbocycles. The Labute approximate surface area is 102 Å². The molecule has 0 aliphatic heterocycles. The molecule has 0 amide bonds. The first-order valence-electron chi connectivity index (χ1n) is 3.49. The maximum Gasteiger partial charge on any atom is 0.100 e. The molecule has 2 rings (SSSR count). The van der Waals surface area contributed by atoms with Crippen molar-refractivity contribution >= 4 is 59.9 Å². The number of nitrogens with zero attached hydrogens (tertiary/aromatic N) is 1. The summed E-state index contributed by atoms with van der Waals surface area (Å²) < 4.78 is 3.19. The number of hydrogen-bond donors (Lipinski definition) is 0. The summed E-state index contributed by atoms with van der Waals surface area (Å²) in [4.78, 5) is 0. The predicted octanol–water partition coefficient (Wildman–Crippen LogP) is 4.14. The van der Waals surface area contributed by atoms with Crippen molar-refractivity contribution in [3.05, 3.63) is 31.1 Å². The van der Waals surface area contributed by atoms with E-state index in [4.69, 9.17) is 5.26 Å². The SMILES string of the molecule is N#Cc1cc2sccc2c(I)c1Br. The molecule has 64 valence electrons. The van der Waals surface area contributed by atoms with Gasteiger partial charge in [0.25, 0.3) is 0 Å². The Hall–Kier alpha value is -0.120. The zero-order chi connectivity index (χ0) is 9.42. The van der Waals surface area contributed by atoms with Crippen LogP contribution in [-0.4, -0.2) is 0 Å². The normalized spacial score (nSPS) is 10.2. The van der Waals surface area contributed by atoms with Crippen LogP contribution in [0.1, 0.15) is 5.56 Å². The van der Waals surface area contributed by atoms with E-state index < -0.39 is 0 Å². The van der Waals surface area contributed by atoms with Crippen molar-refractivity contribution in [3.63, 3.8) is 0 Å². The first-order chi connectivity index (χ1) is 6.24. The van der Waals surface area contributed by atoms with Crippen molar-refractivity contribution in [2.45, 2.75) is 0 Å². The van der Waals surface area contributed by atoms with Gasteiger partial charge in [-0.1, -0.05) is 0 Å². The average molecular weight is 364 g/mol. The second-order valence-corrected chi connectivity index (χ2v) is 5.32. The lowest BCUT2D eigenvalue weighted by Gasteiger charge is -2.00. The van der Waals surface area contributed by atoms with Gasteiger partial charge in [0.15, 0.2) is 0 Å². The van der Waals surface area contributed by atoms with E-state index in [0.29, 0.717) is 5.56 Å². The van der Waals surface area contributed by atoms with Crippen LogP contribution in [0.3, 0.4) is 0 Å². The van der Waals surface area contributed by atoms with Crippen LogP contribution in [0.25, 0.3) is 10.1 Å². The fourth-order valence-electron chi connectivity index (χ4n) is 1.13. The Morgan fingerprint density at radius 3 is 3.00 bits per heavy atom. The molecule has 0 spiro atoms. The Kier molecular flexibility index (Phi) is 2.58. The molecule has 1 heterocycles. The van der Waals surface area contributed by atoms with Crippen molar-refractivity contribution in [2.75, 3.05) is 0 Å². The van der Waals surface area contributed by atoms with Gasteiger partial charge in [0, 0.05) is 18.1 Å². The summed E-state index contributed by atoms with van der Waals surface area (Å²) in [5.74, 6) is 0. The maximum atomic E-state index is 8.86. The van der Waals surface area contributed by atoms with Crippen LogP contribution in [0.15, 0.2) is 22.0 Å². The third-order valence-electron chi connectivity index (χ3n) is 1.76. The van der Waals surface area contributed by atoms with E-state index >= 15 is 0 Å². The van der Waals surface area contributed by atoms with Gasteiger partial charge in [0.2, 0.25) is 0 Å². The fourth-order valence-corrected chi connectivity index (χ4v) is 3.32. The van der Waals surface area contributed by atoms with E-state index in [1.54, 1.807) is 11.3 Å². The zero-order valence-corrected chi connectivity index (χ0v) is 10.9. The van der Waals surface area contributed by atoms with Crippen molar-refractivity contribution in [3.8, 4) is 6.07 Å². The van der Waals surface area contributed by atoms with Crippen LogP contribution in [0.2, 0.25) is 0 Å². The predicted molar refractivity (Wildman–Crippen MR) is 67.0 cm³/mol. The summed E-state index contributed by atoms with van der Waals surface area (Å²) in [5.41, 5.74) is 0.708. The Morgan fingerprint density at radius 1 is 1.54 bits per heavy atom. The minimum absolute atomic E-state index is 0.708. The van der Waals surface area contributed by atoms with Gasteiger partial charge in [0.1, 0.15) is 6.07 Å². The molecule has 0 saturated carbocycles.